The van der Waals surface area contributed by atoms with Gasteiger partial charge in [-0.3, -0.25) is 4.79 Å². The van der Waals surface area contributed by atoms with Crippen LogP contribution in [0.25, 0.3) is 0 Å². The van der Waals surface area contributed by atoms with E-state index >= 15 is 0 Å². The van der Waals surface area contributed by atoms with Crippen molar-refractivity contribution in [2.45, 2.75) is 32.9 Å². The average molecular weight is 332 g/mol. The minimum Gasteiger partial charge on any atom is -0.481 e. The molecule has 0 fully saturated rings. The Kier molecular flexibility index (Phi) is 6.05. The van der Waals surface area contributed by atoms with E-state index in [0.29, 0.717) is 23.7 Å². The summed E-state index contributed by atoms with van der Waals surface area (Å²) in [5.41, 5.74) is 2.03. The average Bonchev–Trinajstić information content (AvgIpc) is 2.56. The van der Waals surface area contributed by atoms with Crippen LogP contribution in [-0.2, 0) is 11.3 Å². The summed E-state index contributed by atoms with van der Waals surface area (Å²) < 4.78 is 5.87. The van der Waals surface area contributed by atoms with Crippen molar-refractivity contribution in [3.8, 4) is 5.75 Å². The summed E-state index contributed by atoms with van der Waals surface area (Å²) in [5.74, 6) is 0.643. The summed E-state index contributed by atoms with van der Waals surface area (Å²) in [4.78, 5) is 14.3. The van der Waals surface area contributed by atoms with Crippen molar-refractivity contribution in [1.29, 1.82) is 0 Å². The van der Waals surface area contributed by atoms with Gasteiger partial charge < -0.3 is 9.64 Å². The van der Waals surface area contributed by atoms with Gasteiger partial charge in [-0.2, -0.15) is 0 Å². The van der Waals surface area contributed by atoms with E-state index in [-0.39, 0.29) is 5.91 Å². The van der Waals surface area contributed by atoms with Crippen LogP contribution in [0.2, 0.25) is 5.02 Å². The number of hydrogen-bond acceptors (Lipinski definition) is 2. The van der Waals surface area contributed by atoms with Gasteiger partial charge in [-0.15, -0.1) is 0 Å². The van der Waals surface area contributed by atoms with Gasteiger partial charge in [0.2, 0.25) is 0 Å². The summed E-state index contributed by atoms with van der Waals surface area (Å²) in [7, 11) is 1.80. The van der Waals surface area contributed by atoms with Crippen molar-refractivity contribution >= 4 is 17.5 Å². The molecular weight excluding hydrogens is 310 g/mol. The molecule has 2 aromatic rings. The number of ether oxygens (including phenoxy) is 1. The zero-order valence-corrected chi connectivity index (χ0v) is 14.5. The third kappa shape index (κ3) is 4.73. The minimum absolute atomic E-state index is 0.0241. The molecule has 0 saturated carbocycles. The fraction of sp³-hybridized carbons (Fsp3) is 0.316. The van der Waals surface area contributed by atoms with E-state index in [9.17, 15) is 4.79 Å². The lowest BCUT2D eigenvalue weighted by atomic mass is 10.2. The zero-order chi connectivity index (χ0) is 16.8. The van der Waals surface area contributed by atoms with Crippen LogP contribution in [0, 0.1) is 6.92 Å². The molecule has 3 nitrogen and oxygen atoms in total. The maximum absolute atomic E-state index is 12.6. The molecule has 2 aromatic carbocycles. The number of benzene rings is 2. The van der Waals surface area contributed by atoms with Crippen LogP contribution in [0.1, 0.15) is 24.5 Å². The van der Waals surface area contributed by atoms with Gasteiger partial charge in [0, 0.05) is 18.6 Å². The molecule has 0 aliphatic heterocycles. The molecule has 122 valence electrons. The van der Waals surface area contributed by atoms with Gasteiger partial charge in [0.15, 0.2) is 6.10 Å². The molecule has 0 N–H and O–H groups in total. The van der Waals surface area contributed by atoms with Crippen molar-refractivity contribution in [1.82, 2.24) is 4.90 Å². The number of nitrogens with zero attached hydrogens (tertiary/aromatic N) is 1. The van der Waals surface area contributed by atoms with Crippen molar-refractivity contribution in [3.05, 3.63) is 64.7 Å². The predicted molar refractivity (Wildman–Crippen MR) is 93.8 cm³/mol. The monoisotopic (exact) mass is 331 g/mol. The van der Waals surface area contributed by atoms with Crippen LogP contribution in [0.4, 0.5) is 0 Å². The Morgan fingerprint density at radius 2 is 1.91 bits per heavy atom. The number of likely N-dealkylation sites (N-methyl/N-ethyl adjacent to an activating group) is 1. The summed E-state index contributed by atoms with van der Waals surface area (Å²) in [5, 5.41) is 0.693. The quantitative estimate of drug-likeness (QED) is 0.782. The van der Waals surface area contributed by atoms with E-state index in [2.05, 4.69) is 0 Å². The maximum Gasteiger partial charge on any atom is 0.263 e. The van der Waals surface area contributed by atoms with Gasteiger partial charge in [0.25, 0.3) is 5.91 Å². The smallest absolute Gasteiger partial charge is 0.263 e. The van der Waals surface area contributed by atoms with Gasteiger partial charge in [-0.25, -0.2) is 0 Å². The normalized spacial score (nSPS) is 11.8. The second-order valence-corrected chi connectivity index (χ2v) is 6.01. The number of amides is 1. The Balaban J connectivity index is 2.04. The summed E-state index contributed by atoms with van der Waals surface area (Å²) >= 11 is 6.02. The van der Waals surface area contributed by atoms with Crippen LogP contribution in [-0.4, -0.2) is 24.0 Å². The lowest BCUT2D eigenvalue weighted by Crippen LogP contribution is -2.39. The van der Waals surface area contributed by atoms with Gasteiger partial charge in [0.1, 0.15) is 5.75 Å². The second-order valence-electron chi connectivity index (χ2n) is 5.61. The van der Waals surface area contributed by atoms with Gasteiger partial charge in [-0.1, -0.05) is 48.9 Å². The molecule has 1 unspecified atom stereocenters. The predicted octanol–water partition coefficient (Wildman–Crippen LogP) is 4.46. The molecular formula is C19H22ClNO2. The molecule has 1 amide bonds. The molecule has 4 heteroatoms. The Morgan fingerprint density at radius 1 is 1.22 bits per heavy atom. The first-order chi connectivity index (χ1) is 11.0. The van der Waals surface area contributed by atoms with Crippen molar-refractivity contribution < 1.29 is 9.53 Å². The fourth-order valence-corrected chi connectivity index (χ4v) is 2.46. The molecule has 0 aliphatic carbocycles. The zero-order valence-electron chi connectivity index (χ0n) is 13.8. The number of carbonyl (C=O) groups excluding carboxylic acids is 1. The molecule has 1 atom stereocenters. The van der Waals surface area contributed by atoms with E-state index in [1.807, 2.05) is 50.2 Å². The molecule has 0 spiro atoms. The van der Waals surface area contributed by atoms with Gasteiger partial charge >= 0.3 is 0 Å². The minimum atomic E-state index is -0.496. The number of carbonyl (C=O) groups is 1. The molecule has 0 radical (unpaired) electrons. The molecule has 0 bridgehead atoms. The first kappa shape index (κ1) is 17.4. The SMILES string of the molecule is CCC(Oc1ccc(Cl)c(C)c1)C(=O)N(C)Cc1ccccc1. The van der Waals surface area contributed by atoms with E-state index in [1.165, 1.54) is 0 Å². The first-order valence-electron chi connectivity index (χ1n) is 7.73. The van der Waals surface area contributed by atoms with E-state index < -0.39 is 6.10 Å². The number of hydrogen-bond donors (Lipinski definition) is 0. The summed E-state index contributed by atoms with van der Waals surface area (Å²) in [6.45, 7) is 4.43. The maximum atomic E-state index is 12.6. The van der Waals surface area contributed by atoms with E-state index in [0.717, 1.165) is 11.1 Å². The van der Waals surface area contributed by atoms with Crippen LogP contribution >= 0.6 is 11.6 Å². The van der Waals surface area contributed by atoms with Gasteiger partial charge in [-0.05, 0) is 42.7 Å². The molecule has 23 heavy (non-hydrogen) atoms. The fourth-order valence-electron chi connectivity index (χ4n) is 2.34. The number of aryl methyl sites for hydroxylation is 1. The van der Waals surface area contributed by atoms with Crippen molar-refractivity contribution in [3.63, 3.8) is 0 Å². The van der Waals surface area contributed by atoms with Crippen LogP contribution in [0.3, 0.4) is 0 Å². The third-order valence-electron chi connectivity index (χ3n) is 3.69. The number of rotatable bonds is 6. The van der Waals surface area contributed by atoms with Gasteiger partial charge in [0.05, 0.1) is 0 Å². The Morgan fingerprint density at radius 3 is 2.52 bits per heavy atom. The molecule has 2 rings (SSSR count). The Hall–Kier alpha value is -2.00. The van der Waals surface area contributed by atoms with Crippen LogP contribution in [0.5, 0.6) is 5.75 Å². The molecule has 0 aromatic heterocycles. The Labute approximate surface area is 142 Å². The highest BCUT2D eigenvalue weighted by molar-refractivity contribution is 6.31. The molecule has 0 saturated heterocycles. The largest absolute Gasteiger partial charge is 0.481 e. The summed E-state index contributed by atoms with van der Waals surface area (Å²) in [6, 6.07) is 15.4. The first-order valence-corrected chi connectivity index (χ1v) is 8.10. The second kappa shape index (κ2) is 8.02. The number of halogens is 1. The standard InChI is InChI=1S/C19H22ClNO2/c1-4-18(23-16-10-11-17(20)14(2)12-16)19(22)21(3)13-15-8-6-5-7-9-15/h5-12,18H,4,13H2,1-3H3. The Bertz CT molecular complexity index is 658. The molecule has 0 aliphatic rings. The summed E-state index contributed by atoms with van der Waals surface area (Å²) in [6.07, 6.45) is 0.115. The van der Waals surface area contributed by atoms with Crippen LogP contribution < -0.4 is 4.74 Å². The lowest BCUT2D eigenvalue weighted by molar-refractivity contribution is -0.138. The van der Waals surface area contributed by atoms with E-state index in [4.69, 9.17) is 16.3 Å². The topological polar surface area (TPSA) is 29.5 Å². The van der Waals surface area contributed by atoms with Crippen molar-refractivity contribution in [2.24, 2.45) is 0 Å². The highest BCUT2D eigenvalue weighted by atomic mass is 35.5. The highest BCUT2D eigenvalue weighted by Crippen LogP contribution is 2.23. The van der Waals surface area contributed by atoms with Crippen LogP contribution in [0.15, 0.2) is 48.5 Å². The third-order valence-corrected chi connectivity index (χ3v) is 4.12. The lowest BCUT2D eigenvalue weighted by Gasteiger charge is -2.24. The highest BCUT2D eigenvalue weighted by Gasteiger charge is 2.22. The van der Waals surface area contributed by atoms with E-state index in [1.54, 1.807) is 24.1 Å². The van der Waals surface area contributed by atoms with Crippen molar-refractivity contribution in [2.75, 3.05) is 7.05 Å². The molecule has 0 heterocycles.